The molecule has 0 amide bonds. The second kappa shape index (κ2) is 14.4. The highest BCUT2D eigenvalue weighted by molar-refractivity contribution is 5.81. The third kappa shape index (κ3) is 10.2. The predicted octanol–water partition coefficient (Wildman–Crippen LogP) is 4.47. The van der Waals surface area contributed by atoms with E-state index in [9.17, 15) is 24.3 Å². The minimum absolute atomic E-state index is 0.00422. The van der Waals surface area contributed by atoms with Crippen molar-refractivity contribution in [2.45, 2.75) is 85.9 Å². The van der Waals surface area contributed by atoms with Gasteiger partial charge in [-0.25, -0.2) is 9.59 Å². The minimum atomic E-state index is -2.16. The molecule has 0 spiro atoms. The zero-order valence-corrected chi connectivity index (χ0v) is 22.2. The van der Waals surface area contributed by atoms with Crippen molar-refractivity contribution in [1.82, 2.24) is 5.32 Å². The molecule has 1 aromatic carbocycles. The molecule has 0 aliphatic heterocycles. The Morgan fingerprint density at radius 1 is 0.917 bits per heavy atom. The summed E-state index contributed by atoms with van der Waals surface area (Å²) in [5.41, 5.74) is -1.80. The summed E-state index contributed by atoms with van der Waals surface area (Å²) in [6.07, 6.45) is -0.608. The summed E-state index contributed by atoms with van der Waals surface area (Å²) in [5.74, 6) is -2.37. The lowest BCUT2D eigenvalue weighted by molar-refractivity contribution is -0.167. The van der Waals surface area contributed by atoms with Gasteiger partial charge in [-0.3, -0.25) is 14.9 Å². The number of carboxylic acid groups (broad SMARTS) is 1. The zero-order valence-electron chi connectivity index (χ0n) is 22.2. The summed E-state index contributed by atoms with van der Waals surface area (Å²) in [6, 6.07) is 4.02. The van der Waals surface area contributed by atoms with Gasteiger partial charge in [-0.2, -0.15) is 0 Å². The van der Waals surface area contributed by atoms with E-state index in [2.05, 4.69) is 5.32 Å². The van der Waals surface area contributed by atoms with Crippen molar-refractivity contribution in [1.29, 1.82) is 0 Å². The summed E-state index contributed by atoms with van der Waals surface area (Å²) in [7, 11) is 0. The second-order valence-electron chi connectivity index (χ2n) is 9.47. The summed E-state index contributed by atoms with van der Waals surface area (Å²) >= 11 is 0. The van der Waals surface area contributed by atoms with Crippen LogP contribution in [0.5, 0.6) is 11.5 Å². The number of carbonyl (C=O) groups is 4. The van der Waals surface area contributed by atoms with E-state index in [-0.39, 0.29) is 55.2 Å². The summed E-state index contributed by atoms with van der Waals surface area (Å²) < 4.78 is 21.0. The summed E-state index contributed by atoms with van der Waals surface area (Å²) in [6.45, 7) is 12.6. The maximum absolute atomic E-state index is 12.4. The van der Waals surface area contributed by atoms with E-state index < -0.39 is 29.8 Å². The van der Waals surface area contributed by atoms with Crippen LogP contribution in [0.1, 0.15) is 73.3 Å². The van der Waals surface area contributed by atoms with Gasteiger partial charge in [-0.15, -0.1) is 0 Å². The normalized spacial score (nSPS) is 13.6. The molecule has 10 heteroatoms. The largest absolute Gasteiger partial charge is 0.510 e. The summed E-state index contributed by atoms with van der Waals surface area (Å²) in [5, 5.41) is 12.9. The number of carbonyl (C=O) groups excluding carboxylic acids is 3. The number of esters is 2. The van der Waals surface area contributed by atoms with Crippen molar-refractivity contribution in [2.24, 2.45) is 11.8 Å². The molecule has 0 saturated heterocycles. The Morgan fingerprint density at radius 2 is 1.47 bits per heavy atom. The molecule has 2 atom stereocenters. The molecule has 0 aliphatic carbocycles. The van der Waals surface area contributed by atoms with Crippen molar-refractivity contribution in [3.63, 3.8) is 0 Å². The molecular formula is C26H39NO9. The van der Waals surface area contributed by atoms with Gasteiger partial charge in [0.25, 0.3) is 5.72 Å². The molecule has 202 valence electrons. The van der Waals surface area contributed by atoms with E-state index in [4.69, 9.17) is 18.9 Å². The van der Waals surface area contributed by atoms with Gasteiger partial charge < -0.3 is 24.1 Å². The average molecular weight is 510 g/mol. The van der Waals surface area contributed by atoms with Gasteiger partial charge >= 0.3 is 24.1 Å². The fourth-order valence-corrected chi connectivity index (χ4v) is 3.20. The highest BCUT2D eigenvalue weighted by atomic mass is 16.7. The van der Waals surface area contributed by atoms with E-state index >= 15 is 0 Å². The number of ether oxygens (including phenoxy) is 4. The van der Waals surface area contributed by atoms with E-state index in [0.717, 1.165) is 0 Å². The minimum Gasteiger partial charge on any atom is -0.477 e. The standard InChI is InChI=1S/C26H39NO9/c1-8-18(7)27-26(24(30)31,36-25(32)33-9-2)15-19-10-11-20(34-22(28)12-16(3)4)21(14-19)35-23(29)13-17(5)6/h10-11,14,16-18,27H,8-9,12-13,15H2,1-7H3,(H,30,31)/t18?,26-/m0/s1. The Balaban J connectivity index is 3.43. The lowest BCUT2D eigenvalue weighted by Gasteiger charge is -2.32. The Kier molecular flexibility index (Phi) is 12.4. The molecule has 36 heavy (non-hydrogen) atoms. The van der Waals surface area contributed by atoms with Crippen LogP contribution in [-0.4, -0.2) is 47.5 Å². The van der Waals surface area contributed by atoms with Crippen LogP contribution < -0.4 is 14.8 Å². The molecule has 0 radical (unpaired) electrons. The van der Waals surface area contributed by atoms with Gasteiger partial charge in [0.15, 0.2) is 11.5 Å². The lowest BCUT2D eigenvalue weighted by atomic mass is 10.00. The second-order valence-corrected chi connectivity index (χ2v) is 9.47. The van der Waals surface area contributed by atoms with E-state index in [1.54, 1.807) is 13.8 Å². The smallest absolute Gasteiger partial charge is 0.477 e. The topological polar surface area (TPSA) is 137 Å². The number of hydrogen-bond acceptors (Lipinski definition) is 9. The van der Waals surface area contributed by atoms with Gasteiger partial charge in [0.1, 0.15) is 0 Å². The first-order chi connectivity index (χ1) is 16.8. The van der Waals surface area contributed by atoms with Gasteiger partial charge in [-0.1, -0.05) is 40.7 Å². The van der Waals surface area contributed by atoms with Crippen LogP contribution in [0.15, 0.2) is 18.2 Å². The quantitative estimate of drug-likeness (QED) is 0.210. The van der Waals surface area contributed by atoms with Gasteiger partial charge in [0.2, 0.25) is 0 Å². The molecule has 1 unspecified atom stereocenters. The van der Waals surface area contributed by atoms with Gasteiger partial charge in [0, 0.05) is 25.3 Å². The van der Waals surface area contributed by atoms with Crippen LogP contribution in [0, 0.1) is 11.8 Å². The van der Waals surface area contributed by atoms with Crippen molar-refractivity contribution >= 4 is 24.1 Å². The fraction of sp³-hybridized carbons (Fsp3) is 0.615. The maximum atomic E-state index is 12.4. The molecule has 1 aromatic rings. The molecule has 1 rings (SSSR count). The Hall–Kier alpha value is -3.14. The highest BCUT2D eigenvalue weighted by Gasteiger charge is 2.44. The van der Waals surface area contributed by atoms with Crippen molar-refractivity contribution in [3.8, 4) is 11.5 Å². The molecule has 0 heterocycles. The van der Waals surface area contributed by atoms with Crippen LogP contribution in [0.4, 0.5) is 4.79 Å². The first-order valence-electron chi connectivity index (χ1n) is 12.2. The molecule has 0 aliphatic rings. The van der Waals surface area contributed by atoms with Crippen LogP contribution >= 0.6 is 0 Å². The molecule has 0 saturated carbocycles. The first-order valence-corrected chi connectivity index (χ1v) is 12.2. The van der Waals surface area contributed by atoms with Crippen LogP contribution in [0.3, 0.4) is 0 Å². The molecule has 2 N–H and O–H groups in total. The zero-order chi connectivity index (χ0) is 27.5. The Bertz CT molecular complexity index is 913. The van der Waals surface area contributed by atoms with Crippen molar-refractivity contribution in [2.75, 3.05) is 6.61 Å². The number of benzene rings is 1. The molecule has 0 aromatic heterocycles. The fourth-order valence-electron chi connectivity index (χ4n) is 3.20. The van der Waals surface area contributed by atoms with Crippen molar-refractivity contribution < 1.29 is 43.2 Å². The first kappa shape index (κ1) is 30.9. The highest BCUT2D eigenvalue weighted by Crippen LogP contribution is 2.32. The number of carboxylic acids is 1. The van der Waals surface area contributed by atoms with E-state index in [1.165, 1.54) is 18.2 Å². The Labute approximate surface area is 212 Å². The number of rotatable bonds is 14. The van der Waals surface area contributed by atoms with Gasteiger partial charge in [0.05, 0.1) is 6.61 Å². The van der Waals surface area contributed by atoms with Crippen LogP contribution in [0.25, 0.3) is 0 Å². The van der Waals surface area contributed by atoms with Crippen LogP contribution in [0.2, 0.25) is 0 Å². The molecule has 0 fully saturated rings. The monoisotopic (exact) mass is 509 g/mol. The number of nitrogens with one attached hydrogen (secondary N) is 1. The third-order valence-corrected chi connectivity index (χ3v) is 5.02. The molecule has 10 nitrogen and oxygen atoms in total. The predicted molar refractivity (Wildman–Crippen MR) is 132 cm³/mol. The molecular weight excluding hydrogens is 470 g/mol. The lowest BCUT2D eigenvalue weighted by Crippen LogP contribution is -2.59. The van der Waals surface area contributed by atoms with E-state index in [0.29, 0.717) is 12.0 Å². The number of aliphatic carboxylic acids is 1. The van der Waals surface area contributed by atoms with Crippen molar-refractivity contribution in [3.05, 3.63) is 23.8 Å². The molecule has 0 bridgehead atoms. The van der Waals surface area contributed by atoms with Crippen LogP contribution in [-0.2, 0) is 30.3 Å². The Morgan fingerprint density at radius 3 is 1.94 bits per heavy atom. The number of hydrogen-bond donors (Lipinski definition) is 2. The third-order valence-electron chi connectivity index (χ3n) is 5.02. The van der Waals surface area contributed by atoms with Gasteiger partial charge in [-0.05, 0) is 49.8 Å². The summed E-state index contributed by atoms with van der Waals surface area (Å²) in [4.78, 5) is 49.1. The van der Waals surface area contributed by atoms with E-state index in [1.807, 2.05) is 34.6 Å². The average Bonchev–Trinajstić information content (AvgIpc) is 2.74. The SMILES string of the molecule is CCOC(=O)O[C@](Cc1ccc(OC(=O)CC(C)C)c(OC(=O)CC(C)C)c1)(NC(C)CC)C(=O)O. The maximum Gasteiger partial charge on any atom is 0.510 e.